The van der Waals surface area contributed by atoms with Crippen LogP contribution in [0.15, 0.2) is 30.5 Å². The van der Waals surface area contributed by atoms with Crippen LogP contribution in [0.2, 0.25) is 0 Å². The number of aromatic amines is 1. The molecule has 1 saturated carbocycles. The molecule has 4 rings (SSSR count). The molecular formula is C20H24N2O3. The van der Waals surface area contributed by atoms with Crippen molar-refractivity contribution in [3.8, 4) is 0 Å². The Morgan fingerprint density at radius 2 is 1.76 bits per heavy atom. The molecule has 1 aromatic heterocycles. The average molecular weight is 340 g/mol. The minimum absolute atomic E-state index is 0.0919. The van der Waals surface area contributed by atoms with Crippen molar-refractivity contribution in [1.29, 1.82) is 0 Å². The van der Waals surface area contributed by atoms with E-state index in [0.29, 0.717) is 18.8 Å². The van der Waals surface area contributed by atoms with Crippen molar-refractivity contribution < 1.29 is 14.7 Å². The smallest absolute Gasteiger partial charge is 0.306 e. The molecule has 2 aliphatic rings. The number of rotatable bonds is 3. The molecule has 2 atom stereocenters. The van der Waals surface area contributed by atoms with E-state index in [1.165, 1.54) is 16.5 Å². The summed E-state index contributed by atoms with van der Waals surface area (Å²) in [5.74, 6) is -0.534. The Labute approximate surface area is 147 Å². The first-order valence-electron chi connectivity index (χ1n) is 9.21. The van der Waals surface area contributed by atoms with Crippen LogP contribution in [-0.4, -0.2) is 40.0 Å². The third-order valence-electron chi connectivity index (χ3n) is 6.00. The molecule has 5 nitrogen and oxygen atoms in total. The number of hydrogen-bond donors (Lipinski definition) is 2. The number of aliphatic carboxylic acids is 1. The summed E-state index contributed by atoms with van der Waals surface area (Å²) >= 11 is 0. The van der Waals surface area contributed by atoms with Crippen LogP contribution in [0.4, 0.5) is 0 Å². The Morgan fingerprint density at radius 1 is 1.04 bits per heavy atom. The van der Waals surface area contributed by atoms with Crippen molar-refractivity contribution in [2.24, 2.45) is 11.8 Å². The van der Waals surface area contributed by atoms with Gasteiger partial charge in [0.05, 0.1) is 5.92 Å². The summed E-state index contributed by atoms with van der Waals surface area (Å²) < 4.78 is 0. The molecule has 1 aromatic carbocycles. The van der Waals surface area contributed by atoms with E-state index in [2.05, 4.69) is 29.4 Å². The SMILES string of the molecule is O=C(O)[C@@H]1CC[C@H](C(=O)N2CCC(c3c[nH]c4ccccc34)CC2)C1. The van der Waals surface area contributed by atoms with Crippen LogP contribution in [0.3, 0.4) is 0 Å². The summed E-state index contributed by atoms with van der Waals surface area (Å²) in [5, 5.41) is 10.4. The lowest BCUT2D eigenvalue weighted by Gasteiger charge is -2.33. The highest BCUT2D eigenvalue weighted by Gasteiger charge is 2.37. The number of aromatic nitrogens is 1. The van der Waals surface area contributed by atoms with Crippen LogP contribution in [0.25, 0.3) is 10.9 Å². The van der Waals surface area contributed by atoms with Gasteiger partial charge in [0.2, 0.25) is 5.91 Å². The predicted molar refractivity (Wildman–Crippen MR) is 95.3 cm³/mol. The molecule has 1 amide bonds. The lowest BCUT2D eigenvalue weighted by molar-refractivity contribution is -0.141. The molecule has 2 aromatic rings. The average Bonchev–Trinajstić information content (AvgIpc) is 3.29. The van der Waals surface area contributed by atoms with Crippen LogP contribution in [-0.2, 0) is 9.59 Å². The highest BCUT2D eigenvalue weighted by molar-refractivity contribution is 5.84. The van der Waals surface area contributed by atoms with E-state index in [4.69, 9.17) is 5.11 Å². The number of H-pyrrole nitrogens is 1. The van der Waals surface area contributed by atoms with Gasteiger partial charge in [0, 0.05) is 36.1 Å². The lowest BCUT2D eigenvalue weighted by atomic mass is 9.88. The molecule has 2 fully saturated rings. The van der Waals surface area contributed by atoms with Gasteiger partial charge in [-0.05, 0) is 49.7 Å². The fraction of sp³-hybridized carbons (Fsp3) is 0.500. The maximum absolute atomic E-state index is 12.7. The normalized spacial score (nSPS) is 24.7. The van der Waals surface area contributed by atoms with Gasteiger partial charge in [0.1, 0.15) is 0 Å². The minimum atomic E-state index is -0.756. The van der Waals surface area contributed by atoms with Crippen LogP contribution >= 0.6 is 0 Å². The van der Waals surface area contributed by atoms with Gasteiger partial charge >= 0.3 is 5.97 Å². The highest BCUT2D eigenvalue weighted by atomic mass is 16.4. The first kappa shape index (κ1) is 16.2. The lowest BCUT2D eigenvalue weighted by Crippen LogP contribution is -2.41. The number of carboxylic acid groups (broad SMARTS) is 1. The largest absolute Gasteiger partial charge is 0.481 e. The van der Waals surface area contributed by atoms with Gasteiger partial charge in [-0.2, -0.15) is 0 Å². The number of amides is 1. The number of fused-ring (bicyclic) bond motifs is 1. The highest BCUT2D eigenvalue weighted by Crippen LogP contribution is 2.36. The number of nitrogens with one attached hydrogen (secondary N) is 1. The van der Waals surface area contributed by atoms with Crippen molar-refractivity contribution in [1.82, 2.24) is 9.88 Å². The molecule has 25 heavy (non-hydrogen) atoms. The zero-order valence-corrected chi connectivity index (χ0v) is 14.3. The molecule has 1 aliphatic heterocycles. The zero-order chi connectivity index (χ0) is 17.4. The number of piperidine rings is 1. The number of likely N-dealkylation sites (tertiary alicyclic amines) is 1. The van der Waals surface area contributed by atoms with Crippen molar-refractivity contribution in [3.63, 3.8) is 0 Å². The first-order valence-corrected chi connectivity index (χ1v) is 9.21. The molecule has 2 heterocycles. The fourth-order valence-corrected chi connectivity index (χ4v) is 4.53. The van der Waals surface area contributed by atoms with Crippen LogP contribution < -0.4 is 0 Å². The molecule has 0 radical (unpaired) electrons. The molecule has 1 aliphatic carbocycles. The molecule has 0 unspecified atom stereocenters. The van der Waals surface area contributed by atoms with Gasteiger partial charge < -0.3 is 15.0 Å². The molecule has 0 spiro atoms. The number of hydrogen-bond acceptors (Lipinski definition) is 2. The third-order valence-corrected chi connectivity index (χ3v) is 6.00. The van der Waals surface area contributed by atoms with E-state index in [9.17, 15) is 9.59 Å². The van der Waals surface area contributed by atoms with E-state index >= 15 is 0 Å². The fourth-order valence-electron chi connectivity index (χ4n) is 4.53. The van der Waals surface area contributed by atoms with Crippen LogP contribution in [0, 0.1) is 11.8 Å². The Bertz CT molecular complexity index is 789. The number of nitrogens with zero attached hydrogens (tertiary/aromatic N) is 1. The zero-order valence-electron chi connectivity index (χ0n) is 14.3. The van der Waals surface area contributed by atoms with Crippen LogP contribution in [0.5, 0.6) is 0 Å². The molecule has 2 N–H and O–H groups in total. The van der Waals surface area contributed by atoms with E-state index < -0.39 is 5.97 Å². The Balaban J connectivity index is 1.38. The molecule has 132 valence electrons. The standard InChI is InChI=1S/C20H24N2O3/c23-19(14-5-6-15(11-14)20(24)25)22-9-7-13(8-10-22)17-12-21-18-4-2-1-3-16(17)18/h1-4,12-15,21H,5-11H2,(H,24,25)/t14-,15+/m0/s1. The third kappa shape index (κ3) is 3.03. The number of carboxylic acids is 1. The summed E-state index contributed by atoms with van der Waals surface area (Å²) in [7, 11) is 0. The molecular weight excluding hydrogens is 316 g/mol. The summed E-state index contributed by atoms with van der Waals surface area (Å²) in [5.41, 5.74) is 2.52. The quantitative estimate of drug-likeness (QED) is 0.899. The number of carbonyl (C=O) groups excluding carboxylic acids is 1. The van der Waals surface area contributed by atoms with Gasteiger partial charge in [-0.25, -0.2) is 0 Å². The Hall–Kier alpha value is -2.30. The Kier molecular flexibility index (Phi) is 4.24. The van der Waals surface area contributed by atoms with E-state index in [0.717, 1.165) is 32.4 Å². The van der Waals surface area contributed by atoms with Crippen molar-refractivity contribution in [3.05, 3.63) is 36.0 Å². The van der Waals surface area contributed by atoms with Gasteiger partial charge in [-0.1, -0.05) is 18.2 Å². The number of carbonyl (C=O) groups is 2. The van der Waals surface area contributed by atoms with Gasteiger partial charge in [0.15, 0.2) is 0 Å². The predicted octanol–water partition coefficient (Wildman–Crippen LogP) is 3.37. The molecule has 1 saturated heterocycles. The Morgan fingerprint density at radius 3 is 2.48 bits per heavy atom. The van der Waals surface area contributed by atoms with Crippen LogP contribution in [0.1, 0.15) is 43.6 Å². The van der Waals surface area contributed by atoms with E-state index in [1.807, 2.05) is 11.0 Å². The van der Waals surface area contributed by atoms with Crippen molar-refractivity contribution in [2.45, 2.75) is 38.0 Å². The van der Waals surface area contributed by atoms with Gasteiger partial charge in [0.25, 0.3) is 0 Å². The maximum atomic E-state index is 12.7. The summed E-state index contributed by atoms with van der Waals surface area (Å²) in [6.07, 6.45) is 5.93. The second-order valence-electron chi connectivity index (χ2n) is 7.43. The number of para-hydroxylation sites is 1. The molecule has 5 heteroatoms. The second-order valence-corrected chi connectivity index (χ2v) is 7.43. The summed E-state index contributed by atoms with van der Waals surface area (Å²) in [4.78, 5) is 29.1. The summed E-state index contributed by atoms with van der Waals surface area (Å²) in [6.45, 7) is 1.55. The van der Waals surface area contributed by atoms with E-state index in [-0.39, 0.29) is 17.7 Å². The van der Waals surface area contributed by atoms with Crippen molar-refractivity contribution >= 4 is 22.8 Å². The van der Waals surface area contributed by atoms with Crippen molar-refractivity contribution in [2.75, 3.05) is 13.1 Å². The van der Waals surface area contributed by atoms with E-state index in [1.54, 1.807) is 0 Å². The number of benzene rings is 1. The topological polar surface area (TPSA) is 73.4 Å². The van der Waals surface area contributed by atoms with Gasteiger partial charge in [-0.3, -0.25) is 9.59 Å². The second kappa shape index (κ2) is 6.54. The monoisotopic (exact) mass is 340 g/mol. The minimum Gasteiger partial charge on any atom is -0.481 e. The van der Waals surface area contributed by atoms with Gasteiger partial charge in [-0.15, -0.1) is 0 Å². The first-order chi connectivity index (χ1) is 12.1. The summed E-state index contributed by atoms with van der Waals surface area (Å²) in [6, 6.07) is 8.35. The molecule has 0 bridgehead atoms. The maximum Gasteiger partial charge on any atom is 0.306 e.